The molecule has 0 unspecified atom stereocenters. The quantitative estimate of drug-likeness (QED) is 0.767. The number of nitrogens with zero attached hydrogens (tertiary/aromatic N) is 1. The number of carbonyl (C=O) groups is 1. The lowest BCUT2D eigenvalue weighted by Gasteiger charge is -2.26. The van der Waals surface area contributed by atoms with Crippen LogP contribution in [0.1, 0.15) is 28.9 Å². The molecule has 21 heavy (non-hydrogen) atoms. The fourth-order valence-electron chi connectivity index (χ4n) is 2.24. The lowest BCUT2D eigenvalue weighted by atomic mass is 10.1. The third kappa shape index (κ3) is 4.49. The normalized spacial score (nSPS) is 17.0. The highest BCUT2D eigenvalue weighted by atomic mass is 79.9. The van der Waals surface area contributed by atoms with E-state index in [1.807, 2.05) is 0 Å². The van der Waals surface area contributed by atoms with Crippen LogP contribution >= 0.6 is 27.3 Å². The Morgan fingerprint density at radius 3 is 2.62 bits per heavy atom. The van der Waals surface area contributed by atoms with Gasteiger partial charge in [0.1, 0.15) is 9.77 Å². The molecule has 0 spiro atoms. The summed E-state index contributed by atoms with van der Waals surface area (Å²) < 4.78 is 27.2. The van der Waals surface area contributed by atoms with E-state index in [9.17, 15) is 13.2 Å². The second-order valence-electron chi connectivity index (χ2n) is 4.85. The lowest BCUT2D eigenvalue weighted by molar-refractivity contribution is 0.0702. The molecule has 2 N–H and O–H groups in total. The fraction of sp³-hybridized carbons (Fsp3) is 0.583. The van der Waals surface area contributed by atoms with E-state index < -0.39 is 16.0 Å². The van der Waals surface area contributed by atoms with E-state index >= 15 is 0 Å². The molecule has 2 heterocycles. The van der Waals surface area contributed by atoms with Crippen LogP contribution in [-0.2, 0) is 10.0 Å². The zero-order chi connectivity index (χ0) is 15.5. The van der Waals surface area contributed by atoms with Crippen LogP contribution in [0.3, 0.4) is 0 Å². The van der Waals surface area contributed by atoms with Gasteiger partial charge in [0, 0.05) is 13.1 Å². The van der Waals surface area contributed by atoms with Gasteiger partial charge in [0.05, 0.1) is 3.79 Å². The minimum Gasteiger partial charge on any atom is -0.477 e. The average Bonchev–Trinajstić information content (AvgIpc) is 2.83. The van der Waals surface area contributed by atoms with Crippen molar-refractivity contribution < 1.29 is 18.3 Å². The number of nitrogens with one attached hydrogen (secondary N) is 1. The lowest BCUT2D eigenvalue weighted by Crippen LogP contribution is -2.37. The Labute approximate surface area is 136 Å². The molecular formula is C12H17BrN2O4S2. The predicted octanol–water partition coefficient (Wildman–Crippen LogP) is 1.97. The van der Waals surface area contributed by atoms with E-state index in [2.05, 4.69) is 25.6 Å². The Hall–Kier alpha value is -0.480. The number of piperidine rings is 1. The Morgan fingerprint density at radius 2 is 2.05 bits per heavy atom. The van der Waals surface area contributed by atoms with Crippen LogP contribution in [0.25, 0.3) is 0 Å². The van der Waals surface area contributed by atoms with Gasteiger partial charge in [0.25, 0.3) is 0 Å². The molecule has 6 nitrogen and oxygen atoms in total. The number of likely N-dealkylation sites (tertiary alicyclic amines) is 1. The van der Waals surface area contributed by atoms with E-state index in [0.29, 0.717) is 16.9 Å². The van der Waals surface area contributed by atoms with Gasteiger partial charge in [-0.05, 0) is 47.9 Å². The van der Waals surface area contributed by atoms with Crippen molar-refractivity contribution >= 4 is 43.3 Å². The summed E-state index contributed by atoms with van der Waals surface area (Å²) in [5.41, 5.74) is 0. The number of carboxylic acids is 1. The molecule has 0 amide bonds. The average molecular weight is 397 g/mol. The highest BCUT2D eigenvalue weighted by Crippen LogP contribution is 2.31. The Bertz CT molecular complexity index is 609. The predicted molar refractivity (Wildman–Crippen MR) is 84.5 cm³/mol. The maximum absolute atomic E-state index is 12.2. The van der Waals surface area contributed by atoms with Gasteiger partial charge >= 0.3 is 5.97 Å². The first-order valence-corrected chi connectivity index (χ1v) is 9.74. The van der Waals surface area contributed by atoms with Gasteiger partial charge in [-0.15, -0.1) is 11.3 Å². The summed E-state index contributed by atoms with van der Waals surface area (Å²) >= 11 is 4.01. The van der Waals surface area contributed by atoms with Crippen LogP contribution in [0.5, 0.6) is 0 Å². The van der Waals surface area contributed by atoms with Crippen LogP contribution in [0.15, 0.2) is 14.7 Å². The summed E-state index contributed by atoms with van der Waals surface area (Å²) in [6.45, 7) is 3.01. The number of halogens is 1. The molecule has 0 atom stereocenters. The van der Waals surface area contributed by atoms with Gasteiger partial charge in [-0.25, -0.2) is 17.9 Å². The maximum Gasteiger partial charge on any atom is 0.345 e. The molecule has 1 fully saturated rings. The molecule has 1 aliphatic rings. The van der Waals surface area contributed by atoms with E-state index in [1.54, 1.807) is 0 Å². The van der Waals surface area contributed by atoms with Crippen molar-refractivity contribution in [3.63, 3.8) is 0 Å². The zero-order valence-corrected chi connectivity index (χ0v) is 14.6. The highest BCUT2D eigenvalue weighted by Gasteiger charge is 2.23. The second kappa shape index (κ2) is 7.19. The smallest absolute Gasteiger partial charge is 0.345 e. The number of hydrogen-bond donors (Lipinski definition) is 2. The highest BCUT2D eigenvalue weighted by molar-refractivity contribution is 9.11. The molecule has 0 aromatic carbocycles. The van der Waals surface area contributed by atoms with E-state index in [1.165, 1.54) is 12.5 Å². The third-order valence-corrected chi connectivity index (χ3v) is 7.03. The summed E-state index contributed by atoms with van der Waals surface area (Å²) in [5, 5.41) is 8.90. The largest absolute Gasteiger partial charge is 0.477 e. The van der Waals surface area contributed by atoms with E-state index in [0.717, 1.165) is 37.3 Å². The molecule has 1 aliphatic heterocycles. The third-order valence-electron chi connectivity index (χ3n) is 3.32. The molecule has 0 bridgehead atoms. The summed E-state index contributed by atoms with van der Waals surface area (Å²) in [6.07, 6.45) is 3.55. The van der Waals surface area contributed by atoms with Crippen LogP contribution in [0.2, 0.25) is 0 Å². The fourth-order valence-corrected chi connectivity index (χ4v) is 5.66. The first-order valence-electron chi connectivity index (χ1n) is 6.65. The molecule has 0 saturated carbocycles. The first-order chi connectivity index (χ1) is 9.90. The van der Waals surface area contributed by atoms with Crippen LogP contribution < -0.4 is 4.72 Å². The van der Waals surface area contributed by atoms with Crippen LogP contribution in [0, 0.1) is 0 Å². The molecule has 1 aromatic heterocycles. The topological polar surface area (TPSA) is 86.7 Å². The number of thiophene rings is 1. The molecule has 9 heteroatoms. The Balaban J connectivity index is 1.96. The minimum atomic E-state index is -3.68. The number of carboxylic acid groups (broad SMARTS) is 1. The number of rotatable bonds is 6. The van der Waals surface area contributed by atoms with E-state index in [-0.39, 0.29) is 9.77 Å². The molecule has 0 radical (unpaired) electrons. The number of sulfonamides is 1. The van der Waals surface area contributed by atoms with Gasteiger partial charge in [0.2, 0.25) is 10.0 Å². The zero-order valence-electron chi connectivity index (χ0n) is 11.3. The first kappa shape index (κ1) is 16.9. The van der Waals surface area contributed by atoms with Gasteiger partial charge in [-0.1, -0.05) is 6.42 Å². The van der Waals surface area contributed by atoms with Crippen LogP contribution in [-0.4, -0.2) is 50.6 Å². The van der Waals surface area contributed by atoms with Gasteiger partial charge in [0.15, 0.2) is 0 Å². The summed E-state index contributed by atoms with van der Waals surface area (Å²) in [5.74, 6) is -1.13. The minimum absolute atomic E-state index is 0.00159. The number of aromatic carboxylic acids is 1. The number of hydrogen-bond acceptors (Lipinski definition) is 5. The summed E-state index contributed by atoms with van der Waals surface area (Å²) in [7, 11) is -3.68. The second-order valence-corrected chi connectivity index (χ2v) is 8.96. The van der Waals surface area contributed by atoms with Gasteiger partial charge < -0.3 is 10.0 Å². The van der Waals surface area contributed by atoms with Crippen molar-refractivity contribution in [1.29, 1.82) is 0 Å². The maximum atomic E-state index is 12.2. The van der Waals surface area contributed by atoms with E-state index in [4.69, 9.17) is 5.11 Å². The molecule has 118 valence electrons. The SMILES string of the molecule is O=C(O)c1cc(S(=O)(=O)NCCN2CCCCC2)c(Br)s1. The molecule has 0 aliphatic carbocycles. The van der Waals surface area contributed by atoms with Gasteiger partial charge in [-0.2, -0.15) is 0 Å². The van der Waals surface area contributed by atoms with Crippen molar-refractivity contribution in [2.75, 3.05) is 26.2 Å². The summed E-state index contributed by atoms with van der Waals surface area (Å²) in [6, 6.07) is 1.18. The van der Waals surface area contributed by atoms with Crippen molar-refractivity contribution in [2.45, 2.75) is 24.2 Å². The van der Waals surface area contributed by atoms with Crippen molar-refractivity contribution in [2.24, 2.45) is 0 Å². The molecule has 1 aromatic rings. The van der Waals surface area contributed by atoms with Crippen LogP contribution in [0.4, 0.5) is 0 Å². The Kier molecular flexibility index (Phi) is 5.78. The van der Waals surface area contributed by atoms with Crippen molar-refractivity contribution in [1.82, 2.24) is 9.62 Å². The van der Waals surface area contributed by atoms with Crippen molar-refractivity contribution in [3.8, 4) is 0 Å². The molecule has 1 saturated heterocycles. The van der Waals surface area contributed by atoms with Gasteiger partial charge in [-0.3, -0.25) is 0 Å². The van der Waals surface area contributed by atoms with Crippen molar-refractivity contribution in [3.05, 3.63) is 14.7 Å². The molecule has 2 rings (SSSR count). The monoisotopic (exact) mass is 396 g/mol. The molecular weight excluding hydrogens is 380 g/mol. The standard InChI is InChI=1S/C12H17BrN2O4S2/c13-11-10(8-9(20-11)12(16)17)21(18,19)14-4-7-15-5-2-1-3-6-15/h8,14H,1-7H2,(H,16,17). The summed E-state index contributed by atoms with van der Waals surface area (Å²) in [4.78, 5) is 13.1. The Morgan fingerprint density at radius 1 is 1.38 bits per heavy atom.